The molecular weight excluding hydrogens is 296 g/mol. The van der Waals surface area contributed by atoms with Crippen LogP contribution in [-0.4, -0.2) is 32.6 Å². The maximum Gasteiger partial charge on any atom is 0.285 e. The van der Waals surface area contributed by atoms with Gasteiger partial charge in [-0.2, -0.15) is 5.01 Å². The molecule has 0 aliphatic carbocycles. The average molecular weight is 312 g/mol. The van der Waals surface area contributed by atoms with Crippen LogP contribution in [0.3, 0.4) is 0 Å². The van der Waals surface area contributed by atoms with E-state index < -0.39 is 0 Å². The molecule has 1 aliphatic heterocycles. The maximum atomic E-state index is 12.1. The topological polar surface area (TPSA) is 60.4 Å². The molecule has 1 amide bonds. The van der Waals surface area contributed by atoms with Gasteiger partial charge >= 0.3 is 0 Å². The van der Waals surface area contributed by atoms with Crippen LogP contribution < -0.4 is 14.5 Å². The first-order valence-corrected chi connectivity index (χ1v) is 7.05. The minimum atomic E-state index is -0.242. The molecule has 1 heterocycles. The maximum absolute atomic E-state index is 12.1. The van der Waals surface area contributed by atoms with E-state index in [4.69, 9.17) is 14.2 Å². The third-order valence-electron chi connectivity index (χ3n) is 3.40. The number of nitrogens with zero attached hydrogens (tertiary/aromatic N) is 2. The van der Waals surface area contributed by atoms with Gasteiger partial charge in [0.2, 0.25) is 5.90 Å². The summed E-state index contributed by atoms with van der Waals surface area (Å²) in [6.07, 6.45) is 0. The third-order valence-corrected chi connectivity index (χ3v) is 3.40. The largest absolute Gasteiger partial charge is 0.496 e. The number of anilines is 1. The lowest BCUT2D eigenvalue weighted by molar-refractivity contribution is -0.121. The Bertz CT molecular complexity index is 721. The van der Waals surface area contributed by atoms with Gasteiger partial charge in [0, 0.05) is 0 Å². The summed E-state index contributed by atoms with van der Waals surface area (Å²) in [6.45, 7) is -0.102. The van der Waals surface area contributed by atoms with Crippen LogP contribution in [0.15, 0.2) is 53.6 Å². The van der Waals surface area contributed by atoms with Crippen LogP contribution in [0.2, 0.25) is 0 Å². The highest BCUT2D eigenvalue weighted by Crippen LogP contribution is 2.31. The van der Waals surface area contributed by atoms with Gasteiger partial charge in [-0.3, -0.25) is 4.79 Å². The number of benzene rings is 2. The van der Waals surface area contributed by atoms with Gasteiger partial charge in [-0.05, 0) is 24.3 Å². The Morgan fingerprint density at radius 1 is 1.00 bits per heavy atom. The number of carbonyl (C=O) groups excluding carboxylic acids is 1. The minimum absolute atomic E-state index is 0.102. The van der Waals surface area contributed by atoms with Crippen molar-refractivity contribution in [3.8, 4) is 11.5 Å². The van der Waals surface area contributed by atoms with Gasteiger partial charge in [-0.1, -0.05) is 24.3 Å². The van der Waals surface area contributed by atoms with E-state index in [1.807, 2.05) is 36.4 Å². The summed E-state index contributed by atoms with van der Waals surface area (Å²) < 4.78 is 16.2. The highest BCUT2D eigenvalue weighted by molar-refractivity contribution is 6.06. The zero-order chi connectivity index (χ0) is 16.2. The first kappa shape index (κ1) is 14.9. The Balaban J connectivity index is 2.08. The molecule has 0 aromatic heterocycles. The van der Waals surface area contributed by atoms with Gasteiger partial charge in [0.15, 0.2) is 6.61 Å². The van der Waals surface area contributed by atoms with Gasteiger partial charge in [0.05, 0.1) is 19.9 Å². The average Bonchev–Trinajstić information content (AvgIpc) is 2.62. The molecule has 0 unspecified atom stereocenters. The molecule has 6 heteroatoms. The second kappa shape index (κ2) is 6.39. The van der Waals surface area contributed by atoms with Crippen molar-refractivity contribution in [2.75, 3.05) is 25.8 Å². The quantitative estimate of drug-likeness (QED) is 0.870. The number of hydrazone groups is 1. The summed E-state index contributed by atoms with van der Waals surface area (Å²) in [6, 6.07) is 14.6. The van der Waals surface area contributed by atoms with Crippen molar-refractivity contribution in [1.29, 1.82) is 0 Å². The molecule has 2 aromatic rings. The normalized spacial score (nSPS) is 14.1. The summed E-state index contributed by atoms with van der Waals surface area (Å²) >= 11 is 0. The lowest BCUT2D eigenvalue weighted by Crippen LogP contribution is -2.37. The van der Waals surface area contributed by atoms with Crippen LogP contribution in [0.4, 0.5) is 5.69 Å². The molecular formula is C17H16N2O4. The molecule has 118 valence electrons. The number of carbonyl (C=O) groups is 1. The molecule has 0 saturated carbocycles. The van der Waals surface area contributed by atoms with Gasteiger partial charge < -0.3 is 14.2 Å². The fourth-order valence-electron chi connectivity index (χ4n) is 2.32. The second-order valence-corrected chi connectivity index (χ2v) is 4.77. The molecule has 23 heavy (non-hydrogen) atoms. The van der Waals surface area contributed by atoms with Crippen LogP contribution >= 0.6 is 0 Å². The Morgan fingerprint density at radius 3 is 2.26 bits per heavy atom. The Hall–Kier alpha value is -3.02. The molecule has 6 nitrogen and oxygen atoms in total. The first-order chi connectivity index (χ1) is 11.2. The van der Waals surface area contributed by atoms with Crippen molar-refractivity contribution in [2.24, 2.45) is 5.10 Å². The number of hydrogen-bond donors (Lipinski definition) is 0. The number of hydrogen-bond acceptors (Lipinski definition) is 5. The van der Waals surface area contributed by atoms with Gasteiger partial charge in [0.25, 0.3) is 5.91 Å². The molecule has 0 saturated heterocycles. The van der Waals surface area contributed by atoms with E-state index in [-0.39, 0.29) is 18.4 Å². The fourth-order valence-corrected chi connectivity index (χ4v) is 2.32. The van der Waals surface area contributed by atoms with Crippen molar-refractivity contribution in [2.45, 2.75) is 0 Å². The van der Waals surface area contributed by atoms with E-state index in [2.05, 4.69) is 5.10 Å². The van der Waals surface area contributed by atoms with Crippen molar-refractivity contribution in [3.63, 3.8) is 0 Å². The van der Waals surface area contributed by atoms with Crippen molar-refractivity contribution in [3.05, 3.63) is 54.1 Å². The first-order valence-electron chi connectivity index (χ1n) is 7.05. The van der Waals surface area contributed by atoms with E-state index in [1.54, 1.807) is 26.4 Å². The summed E-state index contributed by atoms with van der Waals surface area (Å²) in [4.78, 5) is 12.1. The Kier molecular flexibility index (Phi) is 4.14. The zero-order valence-corrected chi connectivity index (χ0v) is 12.9. The van der Waals surface area contributed by atoms with Crippen LogP contribution in [0.1, 0.15) is 5.56 Å². The molecule has 0 bridgehead atoms. The van der Waals surface area contributed by atoms with E-state index in [0.717, 1.165) is 0 Å². The van der Waals surface area contributed by atoms with Crippen LogP contribution in [-0.2, 0) is 9.53 Å². The summed E-state index contributed by atoms with van der Waals surface area (Å²) in [5, 5.41) is 5.66. The standard InChI is InChI=1S/C17H16N2O4/c1-21-13-9-6-10-14(22-2)16(13)17-18-19(15(20)11-23-17)12-7-4-3-5-8-12/h3-10H,11H2,1-2H3. The molecule has 2 aromatic carbocycles. The van der Waals surface area contributed by atoms with E-state index in [0.29, 0.717) is 22.7 Å². The van der Waals surface area contributed by atoms with Gasteiger partial charge in [-0.15, -0.1) is 5.10 Å². The lowest BCUT2D eigenvalue weighted by atomic mass is 10.1. The number of ether oxygens (including phenoxy) is 3. The summed E-state index contributed by atoms with van der Waals surface area (Å²) in [5.41, 5.74) is 1.25. The molecule has 0 fully saturated rings. The fraction of sp³-hybridized carbons (Fsp3) is 0.176. The molecule has 0 atom stereocenters. The Morgan fingerprint density at radius 2 is 1.65 bits per heavy atom. The molecule has 0 N–H and O–H groups in total. The third kappa shape index (κ3) is 2.83. The van der Waals surface area contributed by atoms with Crippen LogP contribution in [0.25, 0.3) is 0 Å². The zero-order valence-electron chi connectivity index (χ0n) is 12.9. The van der Waals surface area contributed by atoms with Crippen molar-refractivity contribution in [1.82, 2.24) is 0 Å². The predicted molar refractivity (Wildman–Crippen MR) is 86.0 cm³/mol. The smallest absolute Gasteiger partial charge is 0.285 e. The van der Waals surface area contributed by atoms with Crippen molar-refractivity contribution < 1.29 is 19.0 Å². The highest BCUT2D eigenvalue weighted by atomic mass is 16.5. The Labute approximate surface area is 133 Å². The number of methoxy groups -OCH3 is 2. The summed E-state index contributed by atoms with van der Waals surface area (Å²) in [5.74, 6) is 1.16. The van der Waals surface area contributed by atoms with E-state index >= 15 is 0 Å². The molecule has 0 spiro atoms. The van der Waals surface area contributed by atoms with E-state index in [1.165, 1.54) is 5.01 Å². The number of para-hydroxylation sites is 1. The van der Waals surface area contributed by atoms with Crippen molar-refractivity contribution >= 4 is 17.5 Å². The van der Waals surface area contributed by atoms with Crippen LogP contribution in [0, 0.1) is 0 Å². The number of amides is 1. The monoisotopic (exact) mass is 312 g/mol. The predicted octanol–water partition coefficient (Wildman–Crippen LogP) is 2.43. The van der Waals surface area contributed by atoms with E-state index in [9.17, 15) is 4.79 Å². The molecule has 0 radical (unpaired) electrons. The second-order valence-electron chi connectivity index (χ2n) is 4.77. The van der Waals surface area contributed by atoms with Gasteiger partial charge in [0.1, 0.15) is 17.1 Å². The highest BCUT2D eigenvalue weighted by Gasteiger charge is 2.27. The summed E-state index contributed by atoms with van der Waals surface area (Å²) in [7, 11) is 3.11. The van der Waals surface area contributed by atoms with Gasteiger partial charge in [-0.25, -0.2) is 0 Å². The number of rotatable bonds is 4. The minimum Gasteiger partial charge on any atom is -0.496 e. The SMILES string of the molecule is COc1cccc(OC)c1C1=NN(c2ccccc2)C(=O)CO1. The molecule has 3 rings (SSSR count). The van der Waals surface area contributed by atoms with Crippen LogP contribution in [0.5, 0.6) is 11.5 Å². The molecule has 1 aliphatic rings. The lowest BCUT2D eigenvalue weighted by Gasteiger charge is -2.25.